The van der Waals surface area contributed by atoms with Crippen molar-refractivity contribution in [1.82, 2.24) is 5.32 Å². The molecule has 0 spiro atoms. The van der Waals surface area contributed by atoms with E-state index in [0.717, 1.165) is 11.4 Å². The molecule has 1 aromatic carbocycles. The Bertz CT molecular complexity index is 388. The lowest BCUT2D eigenvalue weighted by Gasteiger charge is -2.27. The van der Waals surface area contributed by atoms with Crippen molar-refractivity contribution < 1.29 is 9.84 Å². The number of nitrogens with one attached hydrogen (secondary N) is 1. The fraction of sp³-hybridized carbons (Fsp3) is 0.600. The number of rotatable bonds is 6. The smallest absolute Gasteiger partial charge is 0.142 e. The average molecular weight is 266 g/mol. The van der Waals surface area contributed by atoms with Crippen molar-refractivity contribution in [3.63, 3.8) is 0 Å². The number of β-amino-alcohol motifs (C(OH)–C–C–N with tert-alkyl or cyclic N) is 1. The Kier molecular flexibility index (Phi) is 5.63. The Morgan fingerprint density at radius 1 is 1.32 bits per heavy atom. The van der Waals surface area contributed by atoms with Gasteiger partial charge in [0, 0.05) is 25.7 Å². The van der Waals surface area contributed by atoms with E-state index < -0.39 is 6.10 Å². The molecule has 19 heavy (non-hydrogen) atoms. The normalized spacial score (nSPS) is 13.2. The standard InChI is InChI=1S/C15H26N2O2/c1-15(2,3)16-10-12(18)11-17(4)13-8-6-7-9-14(13)19-5/h6-9,12,16,18H,10-11H2,1-5H3. The Balaban J connectivity index is 2.56. The van der Waals surface area contributed by atoms with E-state index in [2.05, 4.69) is 26.1 Å². The molecule has 0 amide bonds. The third-order valence-electron chi connectivity index (χ3n) is 2.85. The summed E-state index contributed by atoms with van der Waals surface area (Å²) < 4.78 is 5.32. The van der Waals surface area contributed by atoms with Gasteiger partial charge in [0.2, 0.25) is 0 Å². The molecular formula is C15H26N2O2. The first kappa shape index (κ1) is 15.8. The largest absolute Gasteiger partial charge is 0.495 e. The van der Waals surface area contributed by atoms with E-state index in [-0.39, 0.29) is 5.54 Å². The lowest BCUT2D eigenvalue weighted by molar-refractivity contribution is 0.167. The summed E-state index contributed by atoms with van der Waals surface area (Å²) in [6.45, 7) is 7.39. The lowest BCUT2D eigenvalue weighted by Crippen LogP contribution is -2.44. The topological polar surface area (TPSA) is 44.7 Å². The summed E-state index contributed by atoms with van der Waals surface area (Å²) in [5, 5.41) is 13.4. The molecular weight excluding hydrogens is 240 g/mol. The maximum atomic E-state index is 10.1. The van der Waals surface area contributed by atoms with E-state index in [9.17, 15) is 5.11 Å². The highest BCUT2D eigenvalue weighted by Crippen LogP contribution is 2.26. The maximum Gasteiger partial charge on any atom is 0.142 e. The first-order chi connectivity index (χ1) is 8.83. The molecule has 4 heteroatoms. The zero-order valence-electron chi connectivity index (χ0n) is 12.6. The molecule has 2 N–H and O–H groups in total. The zero-order chi connectivity index (χ0) is 14.5. The van der Waals surface area contributed by atoms with Gasteiger partial charge in [-0.2, -0.15) is 0 Å². The van der Waals surface area contributed by atoms with Crippen LogP contribution >= 0.6 is 0 Å². The van der Waals surface area contributed by atoms with Crippen LogP contribution in [0.1, 0.15) is 20.8 Å². The number of aliphatic hydroxyl groups is 1. The van der Waals surface area contributed by atoms with Gasteiger partial charge in [0.1, 0.15) is 5.75 Å². The second-order valence-electron chi connectivity index (χ2n) is 5.84. The Morgan fingerprint density at radius 2 is 1.95 bits per heavy atom. The van der Waals surface area contributed by atoms with Crippen LogP contribution in [-0.2, 0) is 0 Å². The molecule has 0 bridgehead atoms. The number of ether oxygens (including phenoxy) is 1. The predicted octanol–water partition coefficient (Wildman–Crippen LogP) is 1.88. The molecule has 4 nitrogen and oxygen atoms in total. The number of nitrogens with zero attached hydrogens (tertiary/aromatic N) is 1. The van der Waals surface area contributed by atoms with Gasteiger partial charge in [-0.05, 0) is 32.9 Å². The van der Waals surface area contributed by atoms with Crippen LogP contribution in [0.3, 0.4) is 0 Å². The molecule has 1 unspecified atom stereocenters. The van der Waals surface area contributed by atoms with Crippen molar-refractivity contribution in [3.8, 4) is 5.75 Å². The van der Waals surface area contributed by atoms with Crippen molar-refractivity contribution in [3.05, 3.63) is 24.3 Å². The molecule has 1 aromatic rings. The second-order valence-corrected chi connectivity index (χ2v) is 5.84. The van der Waals surface area contributed by atoms with Crippen LogP contribution in [0, 0.1) is 0 Å². The molecule has 0 saturated carbocycles. The molecule has 0 saturated heterocycles. The van der Waals surface area contributed by atoms with Crippen molar-refractivity contribution in [2.75, 3.05) is 32.1 Å². The van der Waals surface area contributed by atoms with Crippen molar-refractivity contribution in [1.29, 1.82) is 0 Å². The number of hydrogen-bond acceptors (Lipinski definition) is 4. The monoisotopic (exact) mass is 266 g/mol. The first-order valence-electron chi connectivity index (χ1n) is 6.61. The quantitative estimate of drug-likeness (QED) is 0.825. The minimum absolute atomic E-state index is 0.0178. The van der Waals surface area contributed by atoms with E-state index in [1.807, 2.05) is 36.2 Å². The number of aliphatic hydroxyl groups excluding tert-OH is 1. The molecule has 0 heterocycles. The molecule has 0 aliphatic rings. The van der Waals surface area contributed by atoms with Gasteiger partial charge >= 0.3 is 0 Å². The highest BCUT2D eigenvalue weighted by molar-refractivity contribution is 5.57. The molecule has 0 aromatic heterocycles. The maximum absolute atomic E-state index is 10.1. The molecule has 1 atom stereocenters. The van der Waals surface area contributed by atoms with Gasteiger partial charge in [-0.1, -0.05) is 12.1 Å². The number of likely N-dealkylation sites (N-methyl/N-ethyl adjacent to an activating group) is 1. The number of anilines is 1. The third kappa shape index (κ3) is 5.49. The van der Waals surface area contributed by atoms with Crippen molar-refractivity contribution >= 4 is 5.69 Å². The van der Waals surface area contributed by atoms with Crippen LogP contribution in [-0.4, -0.2) is 44.0 Å². The van der Waals surface area contributed by atoms with Gasteiger partial charge in [-0.3, -0.25) is 0 Å². The summed E-state index contributed by atoms with van der Waals surface area (Å²) in [4.78, 5) is 2.01. The van der Waals surface area contributed by atoms with E-state index in [1.54, 1.807) is 7.11 Å². The van der Waals surface area contributed by atoms with Crippen LogP contribution in [0.2, 0.25) is 0 Å². The SMILES string of the molecule is COc1ccccc1N(C)CC(O)CNC(C)(C)C. The van der Waals surface area contributed by atoms with Crippen LogP contribution in [0.15, 0.2) is 24.3 Å². The Hall–Kier alpha value is -1.26. The number of methoxy groups -OCH3 is 1. The molecule has 0 aliphatic carbocycles. The van der Waals surface area contributed by atoms with Gasteiger partial charge in [-0.25, -0.2) is 0 Å². The highest BCUT2D eigenvalue weighted by atomic mass is 16.5. The molecule has 0 radical (unpaired) electrons. The fourth-order valence-electron chi connectivity index (χ4n) is 1.85. The Morgan fingerprint density at radius 3 is 2.53 bits per heavy atom. The zero-order valence-corrected chi connectivity index (χ0v) is 12.6. The van der Waals surface area contributed by atoms with Crippen LogP contribution < -0.4 is 15.0 Å². The summed E-state index contributed by atoms with van der Waals surface area (Å²) in [6, 6.07) is 7.82. The van der Waals surface area contributed by atoms with Crippen LogP contribution in [0.4, 0.5) is 5.69 Å². The summed E-state index contributed by atoms with van der Waals surface area (Å²) in [5.41, 5.74) is 1.00. The molecule has 0 aliphatic heterocycles. The van der Waals surface area contributed by atoms with Gasteiger partial charge in [0.05, 0.1) is 18.9 Å². The molecule has 1 rings (SSSR count). The van der Waals surface area contributed by atoms with Gasteiger partial charge in [-0.15, -0.1) is 0 Å². The third-order valence-corrected chi connectivity index (χ3v) is 2.85. The van der Waals surface area contributed by atoms with Gasteiger partial charge in [0.15, 0.2) is 0 Å². The van der Waals surface area contributed by atoms with Crippen molar-refractivity contribution in [2.45, 2.75) is 32.4 Å². The fourth-order valence-corrected chi connectivity index (χ4v) is 1.85. The summed E-state index contributed by atoms with van der Waals surface area (Å²) in [5.74, 6) is 0.820. The van der Waals surface area contributed by atoms with Crippen LogP contribution in [0.5, 0.6) is 5.75 Å². The summed E-state index contributed by atoms with van der Waals surface area (Å²) >= 11 is 0. The van der Waals surface area contributed by atoms with E-state index in [4.69, 9.17) is 4.74 Å². The number of para-hydroxylation sites is 2. The highest BCUT2D eigenvalue weighted by Gasteiger charge is 2.15. The lowest BCUT2D eigenvalue weighted by atomic mass is 10.1. The molecule has 108 valence electrons. The minimum atomic E-state index is -0.422. The summed E-state index contributed by atoms with van der Waals surface area (Å²) in [7, 11) is 3.61. The van der Waals surface area contributed by atoms with E-state index in [1.165, 1.54) is 0 Å². The van der Waals surface area contributed by atoms with Crippen LogP contribution in [0.25, 0.3) is 0 Å². The minimum Gasteiger partial charge on any atom is -0.495 e. The van der Waals surface area contributed by atoms with Gasteiger partial charge < -0.3 is 20.1 Å². The van der Waals surface area contributed by atoms with Gasteiger partial charge in [0.25, 0.3) is 0 Å². The Labute approximate surface area is 116 Å². The predicted molar refractivity (Wildman–Crippen MR) is 80.0 cm³/mol. The number of benzene rings is 1. The number of hydrogen-bond donors (Lipinski definition) is 2. The second kappa shape index (κ2) is 6.78. The summed E-state index contributed by atoms with van der Waals surface area (Å²) in [6.07, 6.45) is -0.422. The van der Waals surface area contributed by atoms with E-state index in [0.29, 0.717) is 13.1 Å². The van der Waals surface area contributed by atoms with Crippen molar-refractivity contribution in [2.24, 2.45) is 0 Å². The average Bonchev–Trinajstić information content (AvgIpc) is 2.35. The first-order valence-corrected chi connectivity index (χ1v) is 6.61. The molecule has 0 fully saturated rings. The van der Waals surface area contributed by atoms with E-state index >= 15 is 0 Å².